The fourth-order valence-corrected chi connectivity index (χ4v) is 5.79. The van der Waals surface area contributed by atoms with E-state index in [9.17, 15) is 13.2 Å². The van der Waals surface area contributed by atoms with Crippen LogP contribution in [0.4, 0.5) is 5.82 Å². The summed E-state index contributed by atoms with van der Waals surface area (Å²) in [7, 11) is -2.95. The topological polar surface area (TPSA) is 83.5 Å². The second kappa shape index (κ2) is 7.90. The number of hydrogen-bond acceptors (Lipinski definition) is 6. The lowest BCUT2D eigenvalue weighted by molar-refractivity contribution is 0.0600. The number of carbonyl (C=O) groups excluding carboxylic acids is 1. The first-order valence-corrected chi connectivity index (χ1v) is 11.4. The van der Waals surface area contributed by atoms with Crippen molar-refractivity contribution in [3.8, 4) is 0 Å². The van der Waals surface area contributed by atoms with Gasteiger partial charge in [0, 0.05) is 25.2 Å². The predicted molar refractivity (Wildman–Crippen MR) is 101 cm³/mol. The summed E-state index contributed by atoms with van der Waals surface area (Å²) in [6.45, 7) is 5.53. The lowest BCUT2D eigenvalue weighted by Crippen LogP contribution is -2.43. The largest absolute Gasteiger partial charge is 0.351 e. The highest BCUT2D eigenvalue weighted by Crippen LogP contribution is 2.24. The number of carbonyl (C=O) groups is 1. The van der Waals surface area contributed by atoms with Crippen molar-refractivity contribution < 1.29 is 13.2 Å². The third-order valence-electron chi connectivity index (χ3n) is 5.51. The standard InChI is InChI=1S/C18H28N4O3S/c1-3-14-7-5-6-11-22(14)18(23)16-8-9-17(20-19-16)21(4-2)15-10-12-26(24,25)13-15/h8-9,14-15H,3-7,10-13H2,1-2H3. The molecule has 0 saturated carbocycles. The average molecular weight is 381 g/mol. The summed E-state index contributed by atoms with van der Waals surface area (Å²) in [5, 5.41) is 8.41. The Balaban J connectivity index is 1.74. The summed E-state index contributed by atoms with van der Waals surface area (Å²) in [4.78, 5) is 16.7. The number of hydrogen-bond donors (Lipinski definition) is 0. The molecule has 2 aliphatic heterocycles. The molecule has 0 aromatic carbocycles. The van der Waals surface area contributed by atoms with Gasteiger partial charge in [-0.05, 0) is 51.2 Å². The van der Waals surface area contributed by atoms with Crippen LogP contribution in [0.15, 0.2) is 12.1 Å². The first-order chi connectivity index (χ1) is 12.4. The van der Waals surface area contributed by atoms with Crippen molar-refractivity contribution in [2.75, 3.05) is 29.5 Å². The smallest absolute Gasteiger partial charge is 0.274 e. The van der Waals surface area contributed by atoms with Crippen LogP contribution in [0.25, 0.3) is 0 Å². The molecule has 1 aromatic heterocycles. The average Bonchev–Trinajstić information content (AvgIpc) is 3.02. The van der Waals surface area contributed by atoms with E-state index in [-0.39, 0.29) is 29.5 Å². The Labute approximate surface area is 155 Å². The van der Waals surface area contributed by atoms with Crippen LogP contribution in [-0.4, -0.2) is 66.1 Å². The van der Waals surface area contributed by atoms with Gasteiger partial charge in [-0.25, -0.2) is 8.42 Å². The van der Waals surface area contributed by atoms with E-state index in [0.29, 0.717) is 24.5 Å². The normalized spacial score (nSPS) is 25.2. The van der Waals surface area contributed by atoms with Crippen LogP contribution in [0.1, 0.15) is 56.4 Å². The van der Waals surface area contributed by atoms with Crippen molar-refractivity contribution in [2.45, 2.75) is 58.0 Å². The molecule has 0 bridgehead atoms. The van der Waals surface area contributed by atoms with Gasteiger partial charge >= 0.3 is 0 Å². The molecular formula is C18H28N4O3S. The summed E-state index contributed by atoms with van der Waals surface area (Å²) in [6.07, 6.45) is 4.82. The third-order valence-corrected chi connectivity index (χ3v) is 7.26. The van der Waals surface area contributed by atoms with Gasteiger partial charge in [0.05, 0.1) is 11.5 Å². The molecular weight excluding hydrogens is 352 g/mol. The van der Waals surface area contributed by atoms with Crippen molar-refractivity contribution in [3.63, 3.8) is 0 Å². The molecule has 2 unspecified atom stereocenters. The maximum atomic E-state index is 12.8. The maximum Gasteiger partial charge on any atom is 0.274 e. The van der Waals surface area contributed by atoms with Gasteiger partial charge in [0.15, 0.2) is 21.3 Å². The van der Waals surface area contributed by atoms with E-state index in [0.717, 1.165) is 25.8 Å². The molecule has 2 saturated heterocycles. The molecule has 0 aliphatic carbocycles. The summed E-state index contributed by atoms with van der Waals surface area (Å²) in [5.41, 5.74) is 0.365. The summed E-state index contributed by atoms with van der Waals surface area (Å²) >= 11 is 0. The number of sulfone groups is 1. The van der Waals surface area contributed by atoms with Gasteiger partial charge in [-0.2, -0.15) is 0 Å². The fraction of sp³-hybridized carbons (Fsp3) is 0.722. The molecule has 3 heterocycles. The molecule has 26 heavy (non-hydrogen) atoms. The molecule has 2 atom stereocenters. The van der Waals surface area contributed by atoms with Crippen molar-refractivity contribution in [2.24, 2.45) is 0 Å². The zero-order chi connectivity index (χ0) is 18.7. The zero-order valence-corrected chi connectivity index (χ0v) is 16.4. The van der Waals surface area contributed by atoms with Gasteiger partial charge in [0.2, 0.25) is 0 Å². The van der Waals surface area contributed by atoms with Crippen molar-refractivity contribution in [3.05, 3.63) is 17.8 Å². The minimum Gasteiger partial charge on any atom is -0.351 e. The Morgan fingerprint density at radius 1 is 1.23 bits per heavy atom. The van der Waals surface area contributed by atoms with Gasteiger partial charge in [-0.15, -0.1) is 10.2 Å². The highest BCUT2D eigenvalue weighted by atomic mass is 32.2. The van der Waals surface area contributed by atoms with Crippen LogP contribution in [-0.2, 0) is 9.84 Å². The van der Waals surface area contributed by atoms with E-state index in [1.165, 1.54) is 6.42 Å². The molecule has 144 valence electrons. The summed E-state index contributed by atoms with van der Waals surface area (Å²) in [6, 6.07) is 3.73. The minimum atomic E-state index is -2.95. The molecule has 8 heteroatoms. The molecule has 1 aromatic rings. The van der Waals surface area contributed by atoms with Gasteiger partial charge in [0.1, 0.15) is 0 Å². The summed E-state index contributed by atoms with van der Waals surface area (Å²) < 4.78 is 23.5. The number of likely N-dealkylation sites (tertiary alicyclic amines) is 1. The van der Waals surface area contributed by atoms with Gasteiger partial charge < -0.3 is 9.80 Å². The maximum absolute atomic E-state index is 12.8. The Hall–Kier alpha value is -1.70. The van der Waals surface area contributed by atoms with Crippen LogP contribution in [0, 0.1) is 0 Å². The van der Waals surface area contributed by atoms with Crippen LogP contribution in [0.5, 0.6) is 0 Å². The Bertz CT molecular complexity index is 735. The lowest BCUT2D eigenvalue weighted by atomic mass is 9.99. The molecule has 1 amide bonds. The van der Waals surface area contributed by atoms with Crippen LogP contribution in [0.3, 0.4) is 0 Å². The van der Waals surface area contributed by atoms with E-state index >= 15 is 0 Å². The number of rotatable bonds is 5. The molecule has 0 radical (unpaired) electrons. The Morgan fingerprint density at radius 2 is 2.04 bits per heavy atom. The predicted octanol–water partition coefficient (Wildman–Crippen LogP) is 1.89. The number of aromatic nitrogens is 2. The van der Waals surface area contributed by atoms with Crippen LogP contribution < -0.4 is 4.90 Å². The molecule has 0 N–H and O–H groups in total. The SMILES string of the molecule is CCC1CCCCN1C(=O)c1ccc(N(CC)C2CCS(=O)(=O)C2)nn1. The second-order valence-corrected chi connectivity index (χ2v) is 9.40. The number of nitrogens with zero attached hydrogens (tertiary/aromatic N) is 4. The fourth-order valence-electron chi connectivity index (χ4n) is 4.06. The number of amides is 1. The third kappa shape index (κ3) is 4.00. The number of piperidine rings is 1. The molecule has 0 spiro atoms. The highest BCUT2D eigenvalue weighted by Gasteiger charge is 2.33. The molecule has 2 aliphatic rings. The van der Waals surface area contributed by atoms with Gasteiger partial charge in [0.25, 0.3) is 5.91 Å². The highest BCUT2D eigenvalue weighted by molar-refractivity contribution is 7.91. The Kier molecular flexibility index (Phi) is 5.79. The molecule has 2 fully saturated rings. The van der Waals surface area contributed by atoms with Gasteiger partial charge in [-0.3, -0.25) is 4.79 Å². The Morgan fingerprint density at radius 3 is 2.62 bits per heavy atom. The van der Waals surface area contributed by atoms with E-state index < -0.39 is 9.84 Å². The van der Waals surface area contributed by atoms with Crippen molar-refractivity contribution >= 4 is 21.6 Å². The van der Waals surface area contributed by atoms with E-state index in [2.05, 4.69) is 17.1 Å². The first-order valence-electron chi connectivity index (χ1n) is 9.57. The quantitative estimate of drug-likeness (QED) is 0.776. The monoisotopic (exact) mass is 380 g/mol. The van der Waals surface area contributed by atoms with Gasteiger partial charge in [-0.1, -0.05) is 6.92 Å². The molecule has 3 rings (SSSR count). The van der Waals surface area contributed by atoms with E-state index in [1.54, 1.807) is 12.1 Å². The van der Waals surface area contributed by atoms with E-state index in [1.807, 2.05) is 16.7 Å². The lowest BCUT2D eigenvalue weighted by Gasteiger charge is -2.35. The second-order valence-electron chi connectivity index (χ2n) is 7.18. The number of anilines is 1. The van der Waals surface area contributed by atoms with Crippen LogP contribution in [0.2, 0.25) is 0 Å². The van der Waals surface area contributed by atoms with E-state index in [4.69, 9.17) is 0 Å². The first kappa shape index (κ1) is 19.1. The molecule has 7 nitrogen and oxygen atoms in total. The van der Waals surface area contributed by atoms with Crippen molar-refractivity contribution in [1.82, 2.24) is 15.1 Å². The zero-order valence-electron chi connectivity index (χ0n) is 15.6. The minimum absolute atomic E-state index is 0.0536. The summed E-state index contributed by atoms with van der Waals surface area (Å²) in [5.74, 6) is 0.972. The van der Waals surface area contributed by atoms with Crippen molar-refractivity contribution in [1.29, 1.82) is 0 Å². The van der Waals surface area contributed by atoms with Crippen LogP contribution >= 0.6 is 0 Å².